The second-order valence-electron chi connectivity index (χ2n) is 4.99. The molecule has 0 radical (unpaired) electrons. The van der Waals surface area contributed by atoms with E-state index in [9.17, 15) is 0 Å². The van der Waals surface area contributed by atoms with E-state index < -0.39 is 0 Å². The molecule has 2 aromatic heterocycles. The van der Waals surface area contributed by atoms with Crippen molar-refractivity contribution in [2.75, 3.05) is 5.73 Å². The van der Waals surface area contributed by atoms with Crippen molar-refractivity contribution in [3.05, 3.63) is 67.0 Å². The Morgan fingerprint density at radius 3 is 2.52 bits per heavy atom. The molecule has 0 atom stereocenters. The van der Waals surface area contributed by atoms with Crippen molar-refractivity contribution in [3.8, 4) is 11.3 Å². The maximum absolute atomic E-state index is 5.74. The zero-order valence-electron chi connectivity index (χ0n) is 12.1. The van der Waals surface area contributed by atoms with Gasteiger partial charge in [0.05, 0.1) is 5.69 Å². The van der Waals surface area contributed by atoms with Gasteiger partial charge in [0.2, 0.25) is 0 Å². The van der Waals surface area contributed by atoms with Gasteiger partial charge in [-0.2, -0.15) is 9.61 Å². The number of fused-ring (bicyclic) bond motifs is 1. The van der Waals surface area contributed by atoms with Crippen molar-refractivity contribution < 1.29 is 0 Å². The highest BCUT2D eigenvalue weighted by molar-refractivity contribution is 7.99. The Morgan fingerprint density at radius 2 is 1.74 bits per heavy atom. The molecule has 5 nitrogen and oxygen atoms in total. The molecule has 0 fully saturated rings. The molecule has 0 spiro atoms. The molecule has 2 N–H and O–H groups in total. The first-order chi connectivity index (χ1) is 11.3. The highest BCUT2D eigenvalue weighted by Crippen LogP contribution is 2.29. The van der Waals surface area contributed by atoms with Gasteiger partial charge < -0.3 is 5.73 Å². The molecular formula is C17H13N5S. The number of hydrogen-bond donors (Lipinski definition) is 1. The van der Waals surface area contributed by atoms with E-state index in [0.29, 0.717) is 0 Å². The topological polar surface area (TPSA) is 69.1 Å². The molecule has 0 saturated heterocycles. The van der Waals surface area contributed by atoms with Gasteiger partial charge >= 0.3 is 0 Å². The molecule has 112 valence electrons. The number of nitrogens with zero attached hydrogens (tertiary/aromatic N) is 4. The van der Waals surface area contributed by atoms with Crippen LogP contribution in [0.2, 0.25) is 0 Å². The summed E-state index contributed by atoms with van der Waals surface area (Å²) in [6.07, 6.45) is 1.54. The highest BCUT2D eigenvalue weighted by atomic mass is 32.2. The summed E-state index contributed by atoms with van der Waals surface area (Å²) in [5, 5.41) is 5.03. The fourth-order valence-electron chi connectivity index (χ4n) is 2.27. The number of nitrogens with two attached hydrogens (primary N) is 1. The molecule has 0 amide bonds. The van der Waals surface area contributed by atoms with Crippen LogP contribution in [0, 0.1) is 0 Å². The highest BCUT2D eigenvalue weighted by Gasteiger charge is 2.10. The number of anilines is 1. The van der Waals surface area contributed by atoms with Gasteiger partial charge in [-0.1, -0.05) is 30.3 Å². The van der Waals surface area contributed by atoms with Crippen LogP contribution in [0.4, 0.5) is 5.69 Å². The Bertz CT molecular complexity index is 948. The quantitative estimate of drug-likeness (QED) is 0.462. The van der Waals surface area contributed by atoms with Crippen molar-refractivity contribution >= 4 is 23.1 Å². The predicted octanol–water partition coefficient (Wildman–Crippen LogP) is 3.52. The Balaban J connectivity index is 1.81. The second-order valence-corrected chi connectivity index (χ2v) is 6.03. The average molecular weight is 319 g/mol. The van der Waals surface area contributed by atoms with Crippen LogP contribution >= 0.6 is 11.8 Å². The van der Waals surface area contributed by atoms with Crippen LogP contribution in [0.25, 0.3) is 16.9 Å². The molecular weight excluding hydrogens is 306 g/mol. The second kappa shape index (κ2) is 5.73. The van der Waals surface area contributed by atoms with Gasteiger partial charge in [-0.15, -0.1) is 0 Å². The van der Waals surface area contributed by atoms with Crippen LogP contribution in [0.3, 0.4) is 0 Å². The Labute approximate surface area is 137 Å². The lowest BCUT2D eigenvalue weighted by molar-refractivity contribution is 0.797. The monoisotopic (exact) mass is 319 g/mol. The third kappa shape index (κ3) is 2.76. The van der Waals surface area contributed by atoms with Crippen LogP contribution in [0.15, 0.2) is 77.0 Å². The van der Waals surface area contributed by atoms with E-state index in [-0.39, 0.29) is 0 Å². The van der Waals surface area contributed by atoms with E-state index >= 15 is 0 Å². The molecule has 6 heteroatoms. The summed E-state index contributed by atoms with van der Waals surface area (Å²) in [4.78, 5) is 10.1. The molecule has 0 unspecified atom stereocenters. The largest absolute Gasteiger partial charge is 0.399 e. The van der Waals surface area contributed by atoms with Crippen LogP contribution in [0.5, 0.6) is 0 Å². The van der Waals surface area contributed by atoms with Gasteiger partial charge in [0.1, 0.15) is 6.33 Å². The lowest BCUT2D eigenvalue weighted by Crippen LogP contribution is -1.98. The normalized spacial score (nSPS) is 11.0. The smallest absolute Gasteiger partial charge is 0.196 e. The fraction of sp³-hybridized carbons (Fsp3) is 0. The van der Waals surface area contributed by atoms with Crippen molar-refractivity contribution in [3.63, 3.8) is 0 Å². The van der Waals surface area contributed by atoms with E-state index in [2.05, 4.69) is 10.1 Å². The lowest BCUT2D eigenvalue weighted by Gasteiger charge is -2.07. The van der Waals surface area contributed by atoms with Crippen LogP contribution in [-0.2, 0) is 0 Å². The molecule has 4 aromatic rings. The summed E-state index contributed by atoms with van der Waals surface area (Å²) in [7, 11) is 0. The standard InChI is InChI=1S/C17H13N5S/c18-13-6-8-14(9-7-13)23-17-21-15(12-4-2-1-3-5-12)10-16-19-11-20-22(16)17/h1-11H,18H2. The summed E-state index contributed by atoms with van der Waals surface area (Å²) in [6.45, 7) is 0. The third-order valence-electron chi connectivity index (χ3n) is 3.40. The van der Waals surface area contributed by atoms with Gasteiger partial charge in [-0.05, 0) is 36.0 Å². The Kier molecular flexibility index (Phi) is 3.44. The van der Waals surface area contributed by atoms with Crippen molar-refractivity contribution in [1.29, 1.82) is 0 Å². The van der Waals surface area contributed by atoms with Gasteiger partial charge in [0.15, 0.2) is 10.8 Å². The molecule has 0 saturated carbocycles. The molecule has 2 aromatic carbocycles. The SMILES string of the molecule is Nc1ccc(Sc2nc(-c3ccccc3)cc3ncnn23)cc1. The molecule has 0 aliphatic carbocycles. The number of nitrogen functional groups attached to an aromatic ring is 1. The first kappa shape index (κ1) is 13.8. The third-order valence-corrected chi connectivity index (χ3v) is 4.35. The van der Waals surface area contributed by atoms with Crippen LogP contribution in [0.1, 0.15) is 0 Å². The van der Waals surface area contributed by atoms with Crippen LogP contribution in [-0.4, -0.2) is 19.6 Å². The van der Waals surface area contributed by atoms with Gasteiger partial charge in [-0.3, -0.25) is 0 Å². The molecule has 0 aliphatic heterocycles. The molecule has 2 heterocycles. The summed E-state index contributed by atoms with van der Waals surface area (Å²) >= 11 is 1.53. The summed E-state index contributed by atoms with van der Waals surface area (Å²) < 4.78 is 1.74. The van der Waals surface area contributed by atoms with Crippen molar-refractivity contribution in [2.24, 2.45) is 0 Å². The summed E-state index contributed by atoms with van der Waals surface area (Å²) in [5.41, 5.74) is 9.19. The van der Waals surface area contributed by atoms with E-state index in [0.717, 1.165) is 32.6 Å². The minimum atomic E-state index is 0.742. The van der Waals surface area contributed by atoms with Crippen LogP contribution < -0.4 is 5.73 Å². The minimum absolute atomic E-state index is 0.742. The maximum Gasteiger partial charge on any atom is 0.196 e. The fourth-order valence-corrected chi connectivity index (χ4v) is 3.12. The Morgan fingerprint density at radius 1 is 0.957 bits per heavy atom. The van der Waals surface area contributed by atoms with Crippen molar-refractivity contribution in [2.45, 2.75) is 10.1 Å². The summed E-state index contributed by atoms with van der Waals surface area (Å²) in [6, 6.07) is 19.7. The zero-order valence-corrected chi connectivity index (χ0v) is 12.9. The predicted molar refractivity (Wildman–Crippen MR) is 91.2 cm³/mol. The van der Waals surface area contributed by atoms with Gasteiger partial charge in [0.25, 0.3) is 0 Å². The maximum atomic E-state index is 5.74. The lowest BCUT2D eigenvalue weighted by atomic mass is 10.1. The van der Waals surface area contributed by atoms with Gasteiger partial charge in [0, 0.05) is 22.2 Å². The number of benzene rings is 2. The number of hydrogen-bond acceptors (Lipinski definition) is 5. The molecule has 23 heavy (non-hydrogen) atoms. The molecule has 0 bridgehead atoms. The number of rotatable bonds is 3. The van der Waals surface area contributed by atoms with E-state index in [1.54, 1.807) is 10.8 Å². The Hall–Kier alpha value is -2.86. The number of aromatic nitrogens is 4. The van der Waals surface area contributed by atoms with E-state index in [4.69, 9.17) is 10.7 Å². The minimum Gasteiger partial charge on any atom is -0.399 e. The van der Waals surface area contributed by atoms with E-state index in [1.807, 2.05) is 60.7 Å². The molecule has 0 aliphatic rings. The first-order valence-corrected chi connectivity index (χ1v) is 7.91. The molecule has 4 rings (SSSR count). The van der Waals surface area contributed by atoms with E-state index in [1.165, 1.54) is 11.8 Å². The zero-order chi connectivity index (χ0) is 15.6. The summed E-state index contributed by atoms with van der Waals surface area (Å²) in [5.74, 6) is 0. The average Bonchev–Trinajstić information content (AvgIpc) is 3.06. The first-order valence-electron chi connectivity index (χ1n) is 7.09. The van der Waals surface area contributed by atoms with Gasteiger partial charge in [-0.25, -0.2) is 9.97 Å². The van der Waals surface area contributed by atoms with Crippen molar-refractivity contribution in [1.82, 2.24) is 19.6 Å².